The van der Waals surface area contributed by atoms with E-state index in [9.17, 15) is 9.18 Å². The molecule has 1 fully saturated rings. The molecule has 1 atom stereocenters. The Kier molecular flexibility index (Phi) is 3.77. The van der Waals surface area contributed by atoms with Crippen LogP contribution in [0, 0.1) is 5.82 Å². The summed E-state index contributed by atoms with van der Waals surface area (Å²) in [5.41, 5.74) is 1.07. The fourth-order valence-corrected chi connectivity index (χ4v) is 2.57. The normalized spacial score (nSPS) is 17.8. The third-order valence-electron chi connectivity index (χ3n) is 3.57. The van der Waals surface area contributed by atoms with Crippen LogP contribution in [-0.4, -0.2) is 27.4 Å². The van der Waals surface area contributed by atoms with Crippen molar-refractivity contribution in [1.82, 2.24) is 14.9 Å². The smallest absolute Gasteiger partial charge is 0.317 e. The van der Waals surface area contributed by atoms with Crippen molar-refractivity contribution in [3.8, 4) is 0 Å². The fourth-order valence-electron chi connectivity index (χ4n) is 2.57. The van der Waals surface area contributed by atoms with Gasteiger partial charge in [-0.15, -0.1) is 0 Å². The third-order valence-corrected chi connectivity index (χ3v) is 3.57. The quantitative estimate of drug-likeness (QED) is 0.923. The molecule has 1 aliphatic rings. The van der Waals surface area contributed by atoms with Gasteiger partial charge < -0.3 is 4.90 Å². The predicted octanol–water partition coefficient (Wildman–Crippen LogP) is 2.98. The van der Waals surface area contributed by atoms with Gasteiger partial charge in [-0.05, 0) is 42.7 Å². The Balaban J connectivity index is 1.73. The standard InChI is InChI=1S/C15H15FN4O/c16-12-3-4-14(18-10-12)19-15(21)20-9-1-2-13(20)11-5-7-17-8-6-11/h3-8,10,13H,1-2,9H2,(H,18,19,21). The summed E-state index contributed by atoms with van der Waals surface area (Å²) < 4.78 is 12.8. The summed E-state index contributed by atoms with van der Waals surface area (Å²) in [7, 11) is 0. The van der Waals surface area contributed by atoms with Gasteiger partial charge in [0, 0.05) is 18.9 Å². The van der Waals surface area contributed by atoms with Crippen LogP contribution >= 0.6 is 0 Å². The molecule has 0 saturated carbocycles. The number of nitrogens with zero attached hydrogens (tertiary/aromatic N) is 3. The number of likely N-dealkylation sites (tertiary alicyclic amines) is 1. The maximum Gasteiger partial charge on any atom is 0.323 e. The predicted molar refractivity (Wildman–Crippen MR) is 76.1 cm³/mol. The van der Waals surface area contributed by atoms with Crippen molar-refractivity contribution in [1.29, 1.82) is 0 Å². The van der Waals surface area contributed by atoms with Crippen LogP contribution in [0.4, 0.5) is 15.0 Å². The molecule has 2 amide bonds. The Labute approximate surface area is 121 Å². The van der Waals surface area contributed by atoms with Crippen LogP contribution in [0.3, 0.4) is 0 Å². The summed E-state index contributed by atoms with van der Waals surface area (Å²) in [6.45, 7) is 0.694. The molecule has 1 N–H and O–H groups in total. The second-order valence-corrected chi connectivity index (χ2v) is 4.92. The Bertz CT molecular complexity index is 617. The first-order valence-electron chi connectivity index (χ1n) is 6.83. The number of anilines is 1. The first-order chi connectivity index (χ1) is 10.2. The van der Waals surface area contributed by atoms with Gasteiger partial charge in [-0.1, -0.05) is 0 Å². The van der Waals surface area contributed by atoms with Crippen molar-refractivity contribution in [2.45, 2.75) is 18.9 Å². The molecule has 6 heteroatoms. The number of nitrogens with one attached hydrogen (secondary N) is 1. The summed E-state index contributed by atoms with van der Waals surface area (Å²) >= 11 is 0. The van der Waals surface area contributed by atoms with Crippen LogP contribution in [0.25, 0.3) is 0 Å². The number of carbonyl (C=O) groups is 1. The largest absolute Gasteiger partial charge is 0.323 e. The number of hydrogen-bond donors (Lipinski definition) is 1. The Hall–Kier alpha value is -2.50. The molecular formula is C15H15FN4O. The van der Waals surface area contributed by atoms with Gasteiger partial charge in [-0.3, -0.25) is 10.3 Å². The minimum atomic E-state index is -0.427. The van der Waals surface area contributed by atoms with Gasteiger partial charge >= 0.3 is 6.03 Å². The van der Waals surface area contributed by atoms with Gasteiger partial charge in [0.25, 0.3) is 0 Å². The van der Waals surface area contributed by atoms with Crippen LogP contribution in [-0.2, 0) is 0 Å². The zero-order valence-electron chi connectivity index (χ0n) is 11.4. The molecule has 1 unspecified atom stereocenters. The number of aromatic nitrogens is 2. The van der Waals surface area contributed by atoms with Gasteiger partial charge in [0.15, 0.2) is 0 Å². The molecule has 3 rings (SSSR count). The van der Waals surface area contributed by atoms with E-state index in [0.29, 0.717) is 12.4 Å². The van der Waals surface area contributed by atoms with Crippen molar-refractivity contribution in [3.05, 3.63) is 54.2 Å². The molecule has 2 aromatic rings. The molecule has 1 aliphatic heterocycles. The van der Waals surface area contributed by atoms with E-state index in [2.05, 4.69) is 15.3 Å². The Morgan fingerprint density at radius 2 is 2.10 bits per heavy atom. The van der Waals surface area contributed by atoms with Gasteiger partial charge in [-0.25, -0.2) is 14.2 Å². The average Bonchev–Trinajstić information content (AvgIpc) is 3.00. The van der Waals surface area contributed by atoms with Gasteiger partial charge in [-0.2, -0.15) is 0 Å². The lowest BCUT2D eigenvalue weighted by Crippen LogP contribution is -2.34. The van der Waals surface area contributed by atoms with Crippen LogP contribution in [0.5, 0.6) is 0 Å². The minimum absolute atomic E-state index is 0.0495. The van der Waals surface area contributed by atoms with Gasteiger partial charge in [0.2, 0.25) is 0 Å². The number of pyridine rings is 2. The third kappa shape index (κ3) is 2.99. The maximum absolute atomic E-state index is 12.8. The van der Waals surface area contributed by atoms with Crippen molar-refractivity contribution in [2.24, 2.45) is 0 Å². The number of amides is 2. The molecule has 0 bridgehead atoms. The number of rotatable bonds is 2. The van der Waals surface area contributed by atoms with Gasteiger partial charge in [0.1, 0.15) is 11.6 Å². The highest BCUT2D eigenvalue weighted by Gasteiger charge is 2.30. The summed E-state index contributed by atoms with van der Waals surface area (Å²) in [5, 5.41) is 2.70. The summed E-state index contributed by atoms with van der Waals surface area (Å²) in [5.74, 6) is -0.0781. The molecule has 0 aliphatic carbocycles. The first-order valence-corrected chi connectivity index (χ1v) is 6.83. The number of carbonyl (C=O) groups excluding carboxylic acids is 1. The summed E-state index contributed by atoms with van der Waals surface area (Å²) in [4.78, 5) is 22.0. The lowest BCUT2D eigenvalue weighted by atomic mass is 10.1. The van der Waals surface area contributed by atoms with Crippen LogP contribution < -0.4 is 5.32 Å². The van der Waals surface area contributed by atoms with E-state index in [1.165, 1.54) is 12.1 Å². The lowest BCUT2D eigenvalue weighted by molar-refractivity contribution is 0.207. The summed E-state index contributed by atoms with van der Waals surface area (Å²) in [6.07, 6.45) is 6.42. The monoisotopic (exact) mass is 286 g/mol. The topological polar surface area (TPSA) is 58.1 Å². The molecule has 0 aromatic carbocycles. The van der Waals surface area contributed by atoms with Crippen molar-refractivity contribution in [3.63, 3.8) is 0 Å². The van der Waals surface area contributed by atoms with E-state index in [1.54, 1.807) is 17.3 Å². The first kappa shape index (κ1) is 13.5. The molecule has 0 spiro atoms. The second kappa shape index (κ2) is 5.87. The number of halogens is 1. The number of urea groups is 1. The van der Waals surface area contributed by atoms with Crippen LogP contribution in [0.15, 0.2) is 42.9 Å². The van der Waals surface area contributed by atoms with E-state index < -0.39 is 5.82 Å². The molecule has 108 valence electrons. The summed E-state index contributed by atoms with van der Waals surface area (Å²) in [6, 6.07) is 6.40. The Morgan fingerprint density at radius 1 is 1.29 bits per heavy atom. The molecule has 1 saturated heterocycles. The fraction of sp³-hybridized carbons (Fsp3) is 0.267. The molecular weight excluding hydrogens is 271 g/mol. The zero-order chi connectivity index (χ0) is 14.7. The highest BCUT2D eigenvalue weighted by Crippen LogP contribution is 2.31. The highest BCUT2D eigenvalue weighted by atomic mass is 19.1. The lowest BCUT2D eigenvalue weighted by Gasteiger charge is -2.25. The molecule has 5 nitrogen and oxygen atoms in total. The van der Waals surface area contributed by atoms with Gasteiger partial charge in [0.05, 0.1) is 12.2 Å². The van der Waals surface area contributed by atoms with Crippen molar-refractivity contribution >= 4 is 11.8 Å². The zero-order valence-corrected chi connectivity index (χ0v) is 11.4. The second-order valence-electron chi connectivity index (χ2n) is 4.92. The molecule has 2 aromatic heterocycles. The van der Waals surface area contributed by atoms with Crippen LogP contribution in [0.2, 0.25) is 0 Å². The van der Waals surface area contributed by atoms with Crippen LogP contribution in [0.1, 0.15) is 24.4 Å². The average molecular weight is 286 g/mol. The maximum atomic E-state index is 12.8. The SMILES string of the molecule is O=C(Nc1ccc(F)cn1)N1CCCC1c1ccncc1. The minimum Gasteiger partial charge on any atom is -0.317 e. The molecule has 3 heterocycles. The van der Waals surface area contributed by atoms with Crippen molar-refractivity contribution in [2.75, 3.05) is 11.9 Å². The highest BCUT2D eigenvalue weighted by molar-refractivity contribution is 5.88. The van der Waals surface area contributed by atoms with Crippen molar-refractivity contribution < 1.29 is 9.18 Å². The van der Waals surface area contributed by atoms with E-state index in [-0.39, 0.29) is 12.1 Å². The Morgan fingerprint density at radius 3 is 2.81 bits per heavy atom. The van der Waals surface area contributed by atoms with E-state index >= 15 is 0 Å². The van der Waals surface area contributed by atoms with E-state index in [0.717, 1.165) is 24.6 Å². The molecule has 0 radical (unpaired) electrons. The molecule has 21 heavy (non-hydrogen) atoms. The van der Waals surface area contributed by atoms with E-state index in [4.69, 9.17) is 0 Å². The van der Waals surface area contributed by atoms with E-state index in [1.807, 2.05) is 12.1 Å². The number of hydrogen-bond acceptors (Lipinski definition) is 3.